The van der Waals surface area contributed by atoms with Gasteiger partial charge in [0.05, 0.1) is 15.1 Å². The van der Waals surface area contributed by atoms with E-state index in [1.165, 1.54) is 0 Å². The van der Waals surface area contributed by atoms with Crippen molar-refractivity contribution in [1.29, 1.82) is 0 Å². The van der Waals surface area contributed by atoms with Crippen LogP contribution in [-0.4, -0.2) is 33.8 Å². The molecule has 0 atom stereocenters. The number of rotatable bonds is 6. The molecule has 0 aliphatic heterocycles. The molecule has 2 aliphatic rings. The van der Waals surface area contributed by atoms with Gasteiger partial charge in [-0.05, 0) is 43.4 Å². The fourth-order valence-corrected chi connectivity index (χ4v) is 3.78. The Labute approximate surface area is 188 Å². The summed E-state index contributed by atoms with van der Waals surface area (Å²) in [7, 11) is 0. The zero-order valence-electron chi connectivity index (χ0n) is 15.2. The predicted octanol–water partition coefficient (Wildman–Crippen LogP) is 5.39. The molecule has 29 heavy (non-hydrogen) atoms. The highest BCUT2D eigenvalue weighted by Crippen LogP contribution is 2.38. The number of pyridine rings is 1. The monoisotopic (exact) mass is 471 g/mol. The van der Waals surface area contributed by atoms with Crippen LogP contribution in [-0.2, 0) is 6.54 Å². The summed E-state index contributed by atoms with van der Waals surface area (Å²) in [4.78, 5) is 31.0. The number of hydrogen-bond acceptors (Lipinski definition) is 3. The standard InChI is InChI=1S/C20H17Cl4N3O2/c21-14-15(22)17(26-18(24)16(14)23)20(29)27(13-7-8-13)9-10-1-3-11(4-2-10)19(28)25-12-5-6-12/h1-4,12-13H,5-9H2,(H,25,28). The van der Waals surface area contributed by atoms with Crippen LogP contribution in [0, 0.1) is 0 Å². The van der Waals surface area contributed by atoms with E-state index in [1.54, 1.807) is 17.0 Å². The molecule has 1 heterocycles. The lowest BCUT2D eigenvalue weighted by Crippen LogP contribution is -2.33. The van der Waals surface area contributed by atoms with Gasteiger partial charge in [0, 0.05) is 24.2 Å². The van der Waals surface area contributed by atoms with Crippen LogP contribution < -0.4 is 5.32 Å². The SMILES string of the molecule is O=C(NC1CC1)c1ccc(CN(C(=O)c2nc(Cl)c(Cl)c(Cl)c2Cl)C2CC2)cc1. The third kappa shape index (κ3) is 4.64. The molecule has 2 aromatic rings. The summed E-state index contributed by atoms with van der Waals surface area (Å²) in [6, 6.07) is 7.64. The Bertz CT molecular complexity index is 973. The van der Waals surface area contributed by atoms with E-state index in [9.17, 15) is 9.59 Å². The van der Waals surface area contributed by atoms with Crippen LogP contribution in [0.4, 0.5) is 0 Å². The average molecular weight is 473 g/mol. The largest absolute Gasteiger partial charge is 0.349 e. The van der Waals surface area contributed by atoms with Gasteiger partial charge in [0.1, 0.15) is 10.8 Å². The highest BCUT2D eigenvalue weighted by molar-refractivity contribution is 6.52. The molecule has 1 aromatic carbocycles. The average Bonchev–Trinajstić information content (AvgIpc) is 3.62. The summed E-state index contributed by atoms with van der Waals surface area (Å²) >= 11 is 24.2. The van der Waals surface area contributed by atoms with Crippen LogP contribution in [0.25, 0.3) is 0 Å². The molecule has 0 bridgehead atoms. The van der Waals surface area contributed by atoms with Crippen molar-refractivity contribution in [2.24, 2.45) is 0 Å². The first-order valence-electron chi connectivity index (χ1n) is 9.26. The van der Waals surface area contributed by atoms with Crippen molar-refractivity contribution >= 4 is 58.2 Å². The van der Waals surface area contributed by atoms with Crippen LogP contribution in [0.1, 0.15) is 52.1 Å². The molecule has 2 fully saturated rings. The van der Waals surface area contributed by atoms with Gasteiger partial charge in [-0.1, -0.05) is 58.5 Å². The Morgan fingerprint density at radius 3 is 2.21 bits per heavy atom. The summed E-state index contributed by atoms with van der Waals surface area (Å²) in [6.07, 6.45) is 3.88. The summed E-state index contributed by atoms with van der Waals surface area (Å²) in [5, 5.41) is 2.92. The predicted molar refractivity (Wildman–Crippen MR) is 114 cm³/mol. The fourth-order valence-electron chi connectivity index (χ4n) is 2.97. The van der Waals surface area contributed by atoms with Crippen LogP contribution in [0.5, 0.6) is 0 Å². The fraction of sp³-hybridized carbons (Fsp3) is 0.350. The molecule has 4 rings (SSSR count). The summed E-state index contributed by atoms with van der Waals surface area (Å²) < 4.78 is 0. The van der Waals surface area contributed by atoms with Crippen molar-refractivity contribution < 1.29 is 9.59 Å². The van der Waals surface area contributed by atoms with Gasteiger partial charge in [-0.15, -0.1) is 0 Å². The molecule has 2 amide bonds. The number of aromatic nitrogens is 1. The Kier molecular flexibility index (Phi) is 5.94. The number of nitrogens with zero attached hydrogens (tertiary/aromatic N) is 2. The lowest BCUT2D eigenvalue weighted by Gasteiger charge is -2.23. The van der Waals surface area contributed by atoms with Crippen molar-refractivity contribution in [3.8, 4) is 0 Å². The number of carbonyl (C=O) groups is 2. The highest BCUT2D eigenvalue weighted by Gasteiger charge is 2.35. The minimum Gasteiger partial charge on any atom is -0.349 e. The molecule has 0 radical (unpaired) electrons. The molecule has 0 spiro atoms. The van der Waals surface area contributed by atoms with Gasteiger partial charge < -0.3 is 10.2 Å². The van der Waals surface area contributed by atoms with Gasteiger partial charge >= 0.3 is 0 Å². The smallest absolute Gasteiger partial charge is 0.274 e. The van der Waals surface area contributed by atoms with Crippen LogP contribution >= 0.6 is 46.4 Å². The second-order valence-electron chi connectivity index (χ2n) is 7.30. The topological polar surface area (TPSA) is 62.3 Å². The quantitative estimate of drug-likeness (QED) is 0.573. The number of carbonyl (C=O) groups excluding carboxylic acids is 2. The first kappa shape index (κ1) is 20.7. The highest BCUT2D eigenvalue weighted by atomic mass is 35.5. The first-order chi connectivity index (χ1) is 13.8. The van der Waals surface area contributed by atoms with E-state index in [2.05, 4.69) is 10.3 Å². The van der Waals surface area contributed by atoms with Crippen LogP contribution in [0.3, 0.4) is 0 Å². The lowest BCUT2D eigenvalue weighted by molar-refractivity contribution is 0.0723. The maximum Gasteiger partial charge on any atom is 0.274 e. The minimum absolute atomic E-state index is 0.0104. The van der Waals surface area contributed by atoms with E-state index < -0.39 is 0 Å². The van der Waals surface area contributed by atoms with Crippen molar-refractivity contribution in [3.05, 3.63) is 61.3 Å². The van der Waals surface area contributed by atoms with Crippen LogP contribution in [0.15, 0.2) is 24.3 Å². The van der Waals surface area contributed by atoms with Gasteiger partial charge in [-0.25, -0.2) is 4.98 Å². The molecule has 2 saturated carbocycles. The Morgan fingerprint density at radius 1 is 0.966 bits per heavy atom. The Hall–Kier alpha value is -1.53. The van der Waals surface area contributed by atoms with Crippen molar-refractivity contribution in [2.45, 2.75) is 44.3 Å². The molecule has 1 N–H and O–H groups in total. The second-order valence-corrected chi connectivity index (χ2v) is 8.79. The first-order valence-corrected chi connectivity index (χ1v) is 10.8. The van der Waals surface area contributed by atoms with Crippen LogP contribution in [0.2, 0.25) is 20.2 Å². The van der Waals surface area contributed by atoms with E-state index in [0.717, 1.165) is 31.2 Å². The van der Waals surface area contributed by atoms with Gasteiger partial charge in [0.15, 0.2) is 0 Å². The molecule has 1 aromatic heterocycles. The maximum absolute atomic E-state index is 13.1. The molecular weight excluding hydrogens is 456 g/mol. The number of amides is 2. The van der Waals surface area contributed by atoms with Gasteiger partial charge in [-0.3, -0.25) is 9.59 Å². The van der Waals surface area contributed by atoms with Gasteiger partial charge in [0.25, 0.3) is 11.8 Å². The second kappa shape index (κ2) is 8.31. The number of halogens is 4. The summed E-state index contributed by atoms with van der Waals surface area (Å²) in [5.41, 5.74) is 1.49. The van der Waals surface area contributed by atoms with Crippen molar-refractivity contribution in [2.75, 3.05) is 0 Å². The minimum atomic E-state index is -0.353. The molecule has 152 valence electrons. The van der Waals surface area contributed by atoms with E-state index in [4.69, 9.17) is 46.4 Å². The number of hydrogen-bond donors (Lipinski definition) is 1. The van der Waals surface area contributed by atoms with E-state index >= 15 is 0 Å². The zero-order valence-corrected chi connectivity index (χ0v) is 18.2. The Balaban J connectivity index is 1.53. The Morgan fingerprint density at radius 2 is 1.62 bits per heavy atom. The van der Waals surface area contributed by atoms with Gasteiger partial charge in [-0.2, -0.15) is 0 Å². The maximum atomic E-state index is 13.1. The van der Waals surface area contributed by atoms with Crippen molar-refractivity contribution in [1.82, 2.24) is 15.2 Å². The number of benzene rings is 1. The van der Waals surface area contributed by atoms with Crippen molar-refractivity contribution in [3.63, 3.8) is 0 Å². The molecule has 9 heteroatoms. The third-order valence-corrected chi connectivity index (χ3v) is 6.59. The third-order valence-electron chi connectivity index (χ3n) is 4.92. The van der Waals surface area contributed by atoms with E-state index in [0.29, 0.717) is 18.2 Å². The summed E-state index contributed by atoms with van der Waals surface area (Å²) in [6.45, 7) is 0.365. The van der Waals surface area contributed by atoms with E-state index in [1.807, 2.05) is 12.1 Å². The normalized spacial score (nSPS) is 15.9. The molecule has 2 aliphatic carbocycles. The van der Waals surface area contributed by atoms with Gasteiger partial charge in [0.2, 0.25) is 0 Å². The lowest BCUT2D eigenvalue weighted by atomic mass is 10.1. The zero-order chi connectivity index (χ0) is 20.7. The molecule has 0 unspecified atom stereocenters. The van der Waals surface area contributed by atoms with E-state index in [-0.39, 0.29) is 43.8 Å². The molecule has 5 nitrogen and oxygen atoms in total. The number of nitrogens with one attached hydrogen (secondary N) is 1. The molecule has 0 saturated heterocycles. The molecular formula is C20H17Cl4N3O2. The summed E-state index contributed by atoms with van der Waals surface area (Å²) in [5.74, 6) is -0.427.